The molecule has 1 aromatic rings. The quantitative estimate of drug-likeness (QED) is 0.899. The Morgan fingerprint density at radius 3 is 2.65 bits per heavy atom. The Kier molecular flexibility index (Phi) is 4.95. The van der Waals surface area contributed by atoms with Crippen LogP contribution >= 0.6 is 15.9 Å². The van der Waals surface area contributed by atoms with Crippen LogP contribution in [0.4, 0.5) is 4.39 Å². The minimum absolute atomic E-state index is 0.244. The van der Waals surface area contributed by atoms with E-state index < -0.39 is 5.54 Å². The van der Waals surface area contributed by atoms with Crippen molar-refractivity contribution in [1.82, 2.24) is 0 Å². The molecule has 0 spiro atoms. The van der Waals surface area contributed by atoms with Gasteiger partial charge >= 0.3 is 0 Å². The smallest absolute Gasteiger partial charge is 0.166 e. The van der Waals surface area contributed by atoms with Gasteiger partial charge in [0.25, 0.3) is 0 Å². The zero-order valence-corrected chi connectivity index (χ0v) is 12.1. The van der Waals surface area contributed by atoms with Crippen LogP contribution in [0, 0.1) is 11.7 Å². The molecule has 0 saturated heterocycles. The van der Waals surface area contributed by atoms with Crippen molar-refractivity contribution in [1.29, 1.82) is 0 Å². The number of rotatable bonds is 5. The summed E-state index contributed by atoms with van der Waals surface area (Å²) in [7, 11) is 0. The second kappa shape index (κ2) is 5.83. The highest BCUT2D eigenvalue weighted by Gasteiger charge is 2.21. The minimum Gasteiger partial charge on any atom is -0.489 e. The Morgan fingerprint density at radius 2 is 2.12 bits per heavy atom. The fourth-order valence-electron chi connectivity index (χ4n) is 1.83. The summed E-state index contributed by atoms with van der Waals surface area (Å²) in [6.07, 6.45) is 0.838. The molecule has 2 N–H and O–H groups in total. The molecule has 1 atom stereocenters. The molecule has 1 aromatic carbocycles. The molecule has 0 aliphatic heterocycles. The normalized spacial score (nSPS) is 14.8. The van der Waals surface area contributed by atoms with Crippen LogP contribution in [0.5, 0.6) is 5.75 Å². The zero-order chi connectivity index (χ0) is 13.1. The Hall–Kier alpha value is -0.610. The van der Waals surface area contributed by atoms with Gasteiger partial charge in [-0.05, 0) is 37.5 Å². The lowest BCUT2D eigenvalue weighted by Crippen LogP contribution is -2.43. The monoisotopic (exact) mass is 303 g/mol. The molecular formula is C13H19BrFNO. The summed E-state index contributed by atoms with van der Waals surface area (Å²) in [4.78, 5) is 0. The van der Waals surface area contributed by atoms with Crippen LogP contribution in [-0.2, 0) is 0 Å². The van der Waals surface area contributed by atoms with Crippen molar-refractivity contribution in [3.05, 3.63) is 28.5 Å². The number of halogens is 2. The molecule has 0 saturated carbocycles. The van der Waals surface area contributed by atoms with Gasteiger partial charge in [0.2, 0.25) is 0 Å². The predicted molar refractivity (Wildman–Crippen MR) is 71.6 cm³/mol. The van der Waals surface area contributed by atoms with Gasteiger partial charge in [0.15, 0.2) is 11.6 Å². The first-order valence-corrected chi connectivity index (χ1v) is 6.46. The molecule has 0 aliphatic rings. The molecule has 1 unspecified atom stereocenters. The average molecular weight is 304 g/mol. The summed E-state index contributed by atoms with van der Waals surface area (Å²) in [5.74, 6) is 0.358. The van der Waals surface area contributed by atoms with Crippen LogP contribution in [-0.4, -0.2) is 12.1 Å². The molecule has 2 nitrogen and oxygen atoms in total. The van der Waals surface area contributed by atoms with E-state index in [4.69, 9.17) is 10.5 Å². The summed E-state index contributed by atoms with van der Waals surface area (Å²) in [5.41, 5.74) is 5.65. The molecule has 1 rings (SSSR count). The summed E-state index contributed by atoms with van der Waals surface area (Å²) >= 11 is 3.20. The summed E-state index contributed by atoms with van der Waals surface area (Å²) in [5, 5.41) is 0. The van der Waals surface area contributed by atoms with Crippen molar-refractivity contribution in [3.63, 3.8) is 0 Å². The molecule has 17 heavy (non-hydrogen) atoms. The fourth-order valence-corrected chi connectivity index (χ4v) is 2.16. The molecule has 0 amide bonds. The molecule has 0 aromatic heterocycles. The van der Waals surface area contributed by atoms with Crippen LogP contribution < -0.4 is 10.5 Å². The molecule has 4 heteroatoms. The third kappa shape index (κ3) is 5.04. The SMILES string of the molecule is CC(C)CC(C)(N)COc1ccc(Br)cc1F. The number of ether oxygens (including phenoxy) is 1. The molecule has 96 valence electrons. The predicted octanol–water partition coefficient (Wildman–Crippen LogP) is 3.73. The molecule has 0 fully saturated rings. The number of hydrogen-bond acceptors (Lipinski definition) is 2. The summed E-state index contributed by atoms with van der Waals surface area (Å²) in [6, 6.07) is 4.73. The molecule has 0 aliphatic carbocycles. The van der Waals surface area contributed by atoms with Gasteiger partial charge in [-0.3, -0.25) is 0 Å². The van der Waals surface area contributed by atoms with Crippen molar-refractivity contribution in [3.8, 4) is 5.75 Å². The van der Waals surface area contributed by atoms with Crippen molar-refractivity contribution >= 4 is 15.9 Å². The standard InChI is InChI=1S/C13H19BrFNO/c1-9(2)7-13(3,16)8-17-12-5-4-10(14)6-11(12)15/h4-6,9H,7-8,16H2,1-3H3. The van der Waals surface area contributed by atoms with E-state index in [1.807, 2.05) is 6.92 Å². The highest BCUT2D eigenvalue weighted by molar-refractivity contribution is 9.10. The van der Waals surface area contributed by atoms with E-state index in [2.05, 4.69) is 29.8 Å². The highest BCUT2D eigenvalue weighted by atomic mass is 79.9. The van der Waals surface area contributed by atoms with E-state index in [-0.39, 0.29) is 11.6 Å². The van der Waals surface area contributed by atoms with Crippen molar-refractivity contribution < 1.29 is 9.13 Å². The van der Waals surface area contributed by atoms with Gasteiger partial charge in [0, 0.05) is 10.0 Å². The number of hydrogen-bond donors (Lipinski definition) is 1. The zero-order valence-electron chi connectivity index (χ0n) is 10.5. The van der Waals surface area contributed by atoms with Crippen molar-refractivity contribution in [2.45, 2.75) is 32.7 Å². The van der Waals surface area contributed by atoms with Crippen LogP contribution in [0.2, 0.25) is 0 Å². The Labute approximate surface area is 110 Å². The highest BCUT2D eigenvalue weighted by Crippen LogP contribution is 2.23. The van der Waals surface area contributed by atoms with E-state index in [0.717, 1.165) is 6.42 Å². The van der Waals surface area contributed by atoms with Gasteiger partial charge < -0.3 is 10.5 Å². The van der Waals surface area contributed by atoms with E-state index >= 15 is 0 Å². The fraction of sp³-hybridized carbons (Fsp3) is 0.538. The Bertz CT molecular complexity index is 380. The lowest BCUT2D eigenvalue weighted by Gasteiger charge is -2.26. The first-order valence-electron chi connectivity index (χ1n) is 5.67. The third-order valence-corrected chi connectivity index (χ3v) is 2.82. The summed E-state index contributed by atoms with van der Waals surface area (Å²) < 4.78 is 19.6. The third-order valence-electron chi connectivity index (χ3n) is 2.33. The second-order valence-corrected chi connectivity index (χ2v) is 6.03. The van der Waals surface area contributed by atoms with Crippen molar-refractivity contribution in [2.75, 3.05) is 6.61 Å². The maximum Gasteiger partial charge on any atom is 0.166 e. The Balaban J connectivity index is 2.61. The van der Waals surface area contributed by atoms with E-state index in [1.165, 1.54) is 6.07 Å². The lowest BCUT2D eigenvalue weighted by molar-refractivity contribution is 0.200. The van der Waals surface area contributed by atoms with Gasteiger partial charge in [-0.2, -0.15) is 0 Å². The second-order valence-electron chi connectivity index (χ2n) is 5.12. The topological polar surface area (TPSA) is 35.2 Å². The van der Waals surface area contributed by atoms with Crippen LogP contribution in [0.1, 0.15) is 27.2 Å². The Morgan fingerprint density at radius 1 is 1.47 bits per heavy atom. The van der Waals surface area contributed by atoms with Crippen LogP contribution in [0.3, 0.4) is 0 Å². The molecular weight excluding hydrogens is 285 g/mol. The first-order chi connectivity index (χ1) is 7.80. The van der Waals surface area contributed by atoms with Gasteiger partial charge in [0.1, 0.15) is 6.61 Å². The average Bonchev–Trinajstić information content (AvgIpc) is 2.14. The maximum atomic E-state index is 13.5. The number of nitrogens with two attached hydrogens (primary N) is 1. The van der Waals surface area contributed by atoms with E-state index in [9.17, 15) is 4.39 Å². The molecule has 0 heterocycles. The maximum absolute atomic E-state index is 13.5. The van der Waals surface area contributed by atoms with Gasteiger partial charge in [-0.1, -0.05) is 29.8 Å². The van der Waals surface area contributed by atoms with Crippen molar-refractivity contribution in [2.24, 2.45) is 11.7 Å². The summed E-state index contributed by atoms with van der Waals surface area (Å²) in [6.45, 7) is 6.43. The largest absolute Gasteiger partial charge is 0.489 e. The molecule has 0 radical (unpaired) electrons. The van der Waals surface area contributed by atoms with E-state index in [1.54, 1.807) is 12.1 Å². The lowest BCUT2D eigenvalue weighted by atomic mass is 9.93. The van der Waals surface area contributed by atoms with Gasteiger partial charge in [-0.15, -0.1) is 0 Å². The first kappa shape index (κ1) is 14.5. The van der Waals surface area contributed by atoms with Gasteiger partial charge in [0.05, 0.1) is 0 Å². The number of benzene rings is 1. The molecule has 0 bridgehead atoms. The van der Waals surface area contributed by atoms with Crippen LogP contribution in [0.15, 0.2) is 22.7 Å². The van der Waals surface area contributed by atoms with Crippen LogP contribution in [0.25, 0.3) is 0 Å². The van der Waals surface area contributed by atoms with E-state index in [0.29, 0.717) is 17.0 Å². The van der Waals surface area contributed by atoms with Gasteiger partial charge in [-0.25, -0.2) is 4.39 Å². The minimum atomic E-state index is -0.437.